The van der Waals surface area contributed by atoms with Crippen LogP contribution in [0.5, 0.6) is 17.2 Å². The molecule has 1 N–H and O–H groups in total. The topological polar surface area (TPSA) is 98.2 Å². The van der Waals surface area contributed by atoms with Gasteiger partial charge < -0.3 is 19.3 Å². The van der Waals surface area contributed by atoms with Crippen molar-refractivity contribution in [2.75, 3.05) is 24.7 Å². The maximum absolute atomic E-state index is 13.3. The van der Waals surface area contributed by atoms with E-state index in [9.17, 15) is 14.7 Å². The highest BCUT2D eigenvalue weighted by Crippen LogP contribution is 2.44. The summed E-state index contributed by atoms with van der Waals surface area (Å²) in [5, 5.41) is 13.4. The first-order chi connectivity index (χ1) is 18.0. The number of amides is 1. The van der Waals surface area contributed by atoms with Crippen LogP contribution in [0.3, 0.4) is 0 Å². The van der Waals surface area contributed by atoms with Crippen LogP contribution in [0.15, 0.2) is 72.3 Å². The third-order valence-electron chi connectivity index (χ3n) is 5.61. The van der Waals surface area contributed by atoms with Gasteiger partial charge in [-0.1, -0.05) is 25.6 Å². The Morgan fingerprint density at radius 2 is 1.89 bits per heavy atom. The number of carbonyl (C=O) groups is 2. The third-order valence-corrected chi connectivity index (χ3v) is 6.38. The maximum Gasteiger partial charge on any atom is 0.301 e. The van der Waals surface area contributed by atoms with E-state index in [0.29, 0.717) is 46.7 Å². The number of ether oxygens (including phenoxy) is 3. The largest absolute Gasteiger partial charge is 0.507 e. The van der Waals surface area contributed by atoms with Crippen LogP contribution in [-0.4, -0.2) is 41.6 Å². The molecule has 0 saturated carbocycles. The summed E-state index contributed by atoms with van der Waals surface area (Å²) in [4.78, 5) is 32.1. The molecule has 2 aromatic carbocycles. The van der Waals surface area contributed by atoms with Crippen molar-refractivity contribution >= 4 is 33.9 Å². The van der Waals surface area contributed by atoms with Gasteiger partial charge in [0.25, 0.3) is 5.78 Å². The molecule has 1 aromatic heterocycles. The summed E-state index contributed by atoms with van der Waals surface area (Å²) in [6.45, 7) is 8.76. The van der Waals surface area contributed by atoms with E-state index in [1.807, 2.05) is 13.8 Å². The maximum atomic E-state index is 13.3. The first-order valence-corrected chi connectivity index (χ1v) is 12.8. The Morgan fingerprint density at radius 3 is 2.54 bits per heavy atom. The first kappa shape index (κ1) is 26.0. The molecule has 3 aromatic rings. The Labute approximate surface area is 219 Å². The minimum atomic E-state index is -0.921. The number of ketones is 1. The highest BCUT2D eigenvalue weighted by atomic mass is 32.1. The van der Waals surface area contributed by atoms with Crippen molar-refractivity contribution in [3.63, 3.8) is 0 Å². The predicted octanol–water partition coefficient (Wildman–Crippen LogP) is 5.52. The number of aromatic nitrogens is 1. The van der Waals surface area contributed by atoms with Crippen LogP contribution in [0.4, 0.5) is 5.13 Å². The van der Waals surface area contributed by atoms with Crippen molar-refractivity contribution < 1.29 is 28.9 Å². The minimum Gasteiger partial charge on any atom is -0.507 e. The zero-order valence-electron chi connectivity index (χ0n) is 20.7. The van der Waals surface area contributed by atoms with Gasteiger partial charge in [0.1, 0.15) is 18.1 Å². The molecule has 0 aliphatic carbocycles. The molecule has 1 amide bonds. The molecule has 0 spiro atoms. The number of hydrogen-bond acceptors (Lipinski definition) is 8. The number of anilines is 1. The number of hydrogen-bond donors (Lipinski definition) is 1. The second-order valence-electron chi connectivity index (χ2n) is 8.10. The van der Waals surface area contributed by atoms with Gasteiger partial charge in [0, 0.05) is 17.1 Å². The number of benzene rings is 2. The van der Waals surface area contributed by atoms with Crippen molar-refractivity contribution in [2.24, 2.45) is 0 Å². The normalized spacial score (nSPS) is 16.6. The van der Waals surface area contributed by atoms with Gasteiger partial charge in [0.05, 0.1) is 24.8 Å². The summed E-state index contributed by atoms with van der Waals surface area (Å²) < 4.78 is 17.1. The number of aliphatic hydroxyl groups is 1. The lowest BCUT2D eigenvalue weighted by molar-refractivity contribution is -0.132. The molecule has 37 heavy (non-hydrogen) atoms. The second-order valence-corrected chi connectivity index (χ2v) is 8.97. The summed E-state index contributed by atoms with van der Waals surface area (Å²) in [6.07, 6.45) is 4.05. The average Bonchev–Trinajstić information content (AvgIpc) is 3.53. The molecule has 1 saturated heterocycles. The molecule has 9 heteroatoms. The van der Waals surface area contributed by atoms with Crippen LogP contribution >= 0.6 is 11.3 Å². The highest BCUT2D eigenvalue weighted by Gasteiger charge is 2.48. The average molecular weight is 521 g/mol. The Bertz CT molecular complexity index is 1300. The van der Waals surface area contributed by atoms with Gasteiger partial charge >= 0.3 is 5.91 Å². The first-order valence-electron chi connectivity index (χ1n) is 11.9. The standard InChI is InChI=1S/C28H28N2O6S/c1-4-14-35-20-10-7-18(8-11-20)25(31)23-24(30(27(33)26(23)32)28-29-13-16-37-28)19-9-12-21(36-15-5-2)22(17-19)34-6-3/h5,7-13,16-17,24,31H,2,4,6,14-15H2,1,3H3. The van der Waals surface area contributed by atoms with Gasteiger partial charge in [0.2, 0.25) is 0 Å². The third kappa shape index (κ3) is 5.36. The van der Waals surface area contributed by atoms with Gasteiger partial charge in [-0.05, 0) is 55.3 Å². The van der Waals surface area contributed by atoms with E-state index in [1.165, 1.54) is 16.2 Å². The number of aliphatic hydroxyl groups excluding tert-OH is 1. The van der Waals surface area contributed by atoms with E-state index in [4.69, 9.17) is 14.2 Å². The van der Waals surface area contributed by atoms with Crippen molar-refractivity contribution in [2.45, 2.75) is 26.3 Å². The number of thiazole rings is 1. The molecule has 4 rings (SSSR count). The van der Waals surface area contributed by atoms with Crippen molar-refractivity contribution in [1.29, 1.82) is 0 Å². The fourth-order valence-electron chi connectivity index (χ4n) is 4.00. The van der Waals surface area contributed by atoms with Crippen LogP contribution in [0, 0.1) is 0 Å². The molecule has 192 valence electrons. The van der Waals surface area contributed by atoms with E-state index in [2.05, 4.69) is 11.6 Å². The molecule has 1 unspecified atom stereocenters. The van der Waals surface area contributed by atoms with E-state index in [0.717, 1.165) is 6.42 Å². The van der Waals surface area contributed by atoms with Crippen LogP contribution in [-0.2, 0) is 9.59 Å². The van der Waals surface area contributed by atoms with Crippen molar-refractivity contribution in [1.82, 2.24) is 4.98 Å². The molecular formula is C28H28N2O6S. The lowest BCUT2D eigenvalue weighted by Crippen LogP contribution is -2.29. The highest BCUT2D eigenvalue weighted by molar-refractivity contribution is 7.14. The van der Waals surface area contributed by atoms with E-state index >= 15 is 0 Å². The van der Waals surface area contributed by atoms with E-state index in [-0.39, 0.29) is 17.9 Å². The zero-order chi connectivity index (χ0) is 26.4. The Hall–Kier alpha value is -4.11. The quantitative estimate of drug-likeness (QED) is 0.154. The van der Waals surface area contributed by atoms with Crippen LogP contribution in [0.1, 0.15) is 37.4 Å². The Balaban J connectivity index is 1.84. The number of nitrogens with zero attached hydrogens (tertiary/aromatic N) is 2. The number of rotatable bonds is 11. The smallest absolute Gasteiger partial charge is 0.301 e. The summed E-state index contributed by atoms with van der Waals surface area (Å²) in [6, 6.07) is 11.0. The minimum absolute atomic E-state index is 0.0374. The fourth-order valence-corrected chi connectivity index (χ4v) is 4.66. The Morgan fingerprint density at radius 1 is 1.11 bits per heavy atom. The molecule has 1 aliphatic heterocycles. The summed E-state index contributed by atoms with van der Waals surface area (Å²) >= 11 is 1.23. The molecule has 0 bridgehead atoms. The summed E-state index contributed by atoms with van der Waals surface area (Å²) in [5.41, 5.74) is 0.917. The monoisotopic (exact) mass is 520 g/mol. The molecule has 1 fully saturated rings. The second kappa shape index (κ2) is 11.7. The molecule has 8 nitrogen and oxygen atoms in total. The zero-order valence-corrected chi connectivity index (χ0v) is 21.5. The van der Waals surface area contributed by atoms with E-state index in [1.54, 1.807) is 60.1 Å². The van der Waals surface area contributed by atoms with Gasteiger partial charge in [-0.2, -0.15) is 0 Å². The summed E-state index contributed by atoms with van der Waals surface area (Å²) in [7, 11) is 0. The predicted molar refractivity (Wildman–Crippen MR) is 142 cm³/mol. The van der Waals surface area contributed by atoms with Crippen LogP contribution in [0.2, 0.25) is 0 Å². The van der Waals surface area contributed by atoms with Gasteiger partial charge in [-0.25, -0.2) is 4.98 Å². The molecule has 0 radical (unpaired) electrons. The van der Waals surface area contributed by atoms with Gasteiger partial charge in [0.15, 0.2) is 16.6 Å². The number of Topliss-reactive ketones (excluding diaryl/α,β-unsaturated/α-hetero) is 1. The van der Waals surface area contributed by atoms with Crippen LogP contribution in [0.25, 0.3) is 5.76 Å². The van der Waals surface area contributed by atoms with E-state index < -0.39 is 17.7 Å². The fraction of sp³-hybridized carbons (Fsp3) is 0.250. The molecular weight excluding hydrogens is 492 g/mol. The number of carbonyl (C=O) groups excluding carboxylic acids is 2. The molecule has 2 heterocycles. The van der Waals surface area contributed by atoms with Crippen LogP contribution < -0.4 is 19.1 Å². The SMILES string of the molecule is C=CCOc1ccc(C2C(=C(O)c3ccc(OCCC)cc3)C(=O)C(=O)N2c2nccs2)cc1OCC. The summed E-state index contributed by atoms with van der Waals surface area (Å²) in [5.74, 6) is -0.254. The lowest BCUT2D eigenvalue weighted by atomic mass is 9.95. The van der Waals surface area contributed by atoms with Gasteiger partial charge in [-0.3, -0.25) is 14.5 Å². The molecule has 1 atom stereocenters. The van der Waals surface area contributed by atoms with Crippen molar-refractivity contribution in [3.05, 3.63) is 83.4 Å². The van der Waals surface area contributed by atoms with Crippen molar-refractivity contribution in [3.8, 4) is 17.2 Å². The lowest BCUT2D eigenvalue weighted by Gasteiger charge is -2.24. The Kier molecular flexibility index (Phi) is 8.25. The molecule has 1 aliphatic rings. The van der Waals surface area contributed by atoms with Gasteiger partial charge in [-0.15, -0.1) is 11.3 Å².